The quantitative estimate of drug-likeness (QED) is 0.525. The highest BCUT2D eigenvalue weighted by Crippen LogP contribution is 2.23. The number of benzene rings is 2. The summed E-state index contributed by atoms with van der Waals surface area (Å²) in [5, 5.41) is 9.91. The van der Waals surface area contributed by atoms with Crippen LogP contribution in [0.3, 0.4) is 0 Å². The number of methoxy groups -OCH3 is 1. The average molecular weight is 446 g/mol. The lowest BCUT2D eigenvalue weighted by molar-refractivity contribution is -0.116. The van der Waals surface area contributed by atoms with Crippen LogP contribution in [0.1, 0.15) is 11.3 Å². The van der Waals surface area contributed by atoms with Gasteiger partial charge in [-0.05, 0) is 53.9 Å². The van der Waals surface area contributed by atoms with Gasteiger partial charge in [-0.25, -0.2) is 13.6 Å². The molecule has 1 heterocycles. The van der Waals surface area contributed by atoms with E-state index >= 15 is 0 Å². The molecule has 3 rings (SSSR count). The Morgan fingerprint density at radius 2 is 1.90 bits per heavy atom. The molecule has 0 atom stereocenters. The molecule has 0 unspecified atom stereocenters. The number of primary sulfonamides is 1. The van der Waals surface area contributed by atoms with Crippen molar-refractivity contribution in [3.8, 4) is 5.75 Å². The van der Waals surface area contributed by atoms with Crippen molar-refractivity contribution in [2.24, 2.45) is 5.14 Å². The number of thiophene rings is 1. The highest BCUT2D eigenvalue weighted by atomic mass is 32.2. The van der Waals surface area contributed by atoms with E-state index in [1.54, 1.807) is 24.5 Å². The second-order valence-corrected chi connectivity index (χ2v) is 9.16. The molecule has 0 aliphatic heterocycles. The molecule has 7 nitrogen and oxygen atoms in total. The smallest absolute Gasteiger partial charge is 0.238 e. The van der Waals surface area contributed by atoms with Gasteiger partial charge in [0.1, 0.15) is 5.75 Å². The van der Waals surface area contributed by atoms with Gasteiger partial charge >= 0.3 is 0 Å². The van der Waals surface area contributed by atoms with Crippen molar-refractivity contribution in [2.45, 2.75) is 17.9 Å². The minimum atomic E-state index is -3.83. The van der Waals surface area contributed by atoms with Crippen LogP contribution in [0.4, 0.5) is 11.4 Å². The van der Waals surface area contributed by atoms with Crippen molar-refractivity contribution < 1.29 is 17.9 Å². The molecule has 2 aromatic carbocycles. The zero-order chi connectivity index (χ0) is 21.6. The first kappa shape index (κ1) is 21.8. The number of nitrogens with one attached hydrogen (secondary N) is 1. The van der Waals surface area contributed by atoms with Gasteiger partial charge in [0.05, 0.1) is 18.6 Å². The molecule has 0 saturated carbocycles. The standard InChI is InChI=1S/C21H23N3O4S2/c1-28-18-9-7-17(8-10-18)24(15-19-5-3-13-29-19)12-11-21(25)23-16-4-2-6-20(14-16)30(22,26)27/h2-10,13-14H,11-12,15H2,1H3,(H,23,25)(H2,22,26,27). The Balaban J connectivity index is 1.67. The molecule has 1 amide bonds. The van der Waals surface area contributed by atoms with E-state index in [4.69, 9.17) is 9.88 Å². The van der Waals surface area contributed by atoms with Gasteiger partial charge in [0.2, 0.25) is 15.9 Å². The van der Waals surface area contributed by atoms with E-state index in [2.05, 4.69) is 16.3 Å². The molecule has 0 bridgehead atoms. The van der Waals surface area contributed by atoms with Crippen LogP contribution in [0.5, 0.6) is 5.75 Å². The normalized spacial score (nSPS) is 11.1. The Morgan fingerprint density at radius 3 is 2.53 bits per heavy atom. The molecule has 0 saturated heterocycles. The van der Waals surface area contributed by atoms with Crippen LogP contribution in [0.25, 0.3) is 0 Å². The number of carbonyl (C=O) groups is 1. The molecule has 9 heteroatoms. The molecule has 1 aromatic heterocycles. The number of nitrogens with zero attached hydrogens (tertiary/aromatic N) is 1. The van der Waals surface area contributed by atoms with Crippen LogP contribution in [0.2, 0.25) is 0 Å². The maximum atomic E-state index is 12.5. The summed E-state index contributed by atoms with van der Waals surface area (Å²) >= 11 is 1.66. The second kappa shape index (κ2) is 9.75. The van der Waals surface area contributed by atoms with Gasteiger partial charge < -0.3 is 15.0 Å². The maximum Gasteiger partial charge on any atom is 0.238 e. The summed E-state index contributed by atoms with van der Waals surface area (Å²) in [5.41, 5.74) is 1.37. The number of sulfonamides is 1. The summed E-state index contributed by atoms with van der Waals surface area (Å²) < 4.78 is 28.2. The number of amides is 1. The lowest BCUT2D eigenvalue weighted by Gasteiger charge is -2.24. The Bertz CT molecular complexity index is 1080. The van der Waals surface area contributed by atoms with Crippen LogP contribution >= 0.6 is 11.3 Å². The number of carbonyl (C=O) groups excluding carboxylic acids is 1. The summed E-state index contributed by atoms with van der Waals surface area (Å²) in [6, 6.07) is 17.6. The zero-order valence-corrected chi connectivity index (χ0v) is 18.1. The largest absolute Gasteiger partial charge is 0.497 e. The molecule has 3 aromatic rings. The fourth-order valence-corrected chi connectivity index (χ4v) is 4.17. The van der Waals surface area contributed by atoms with E-state index in [-0.39, 0.29) is 17.2 Å². The van der Waals surface area contributed by atoms with Crippen molar-refractivity contribution in [1.29, 1.82) is 0 Å². The Hall–Kier alpha value is -2.88. The SMILES string of the molecule is COc1ccc(N(CCC(=O)Nc2cccc(S(N)(=O)=O)c2)Cc2cccs2)cc1. The molecular formula is C21H23N3O4S2. The average Bonchev–Trinajstić information content (AvgIpc) is 3.24. The molecule has 30 heavy (non-hydrogen) atoms. The first-order valence-corrected chi connectivity index (χ1v) is 11.6. The van der Waals surface area contributed by atoms with Gasteiger partial charge in [0, 0.05) is 29.2 Å². The molecule has 158 valence electrons. The minimum absolute atomic E-state index is 0.0437. The van der Waals surface area contributed by atoms with Crippen molar-refractivity contribution in [1.82, 2.24) is 0 Å². The van der Waals surface area contributed by atoms with Crippen molar-refractivity contribution >= 4 is 38.6 Å². The van der Waals surface area contributed by atoms with E-state index in [9.17, 15) is 13.2 Å². The molecule has 0 fully saturated rings. The van der Waals surface area contributed by atoms with Crippen LogP contribution in [0, 0.1) is 0 Å². The minimum Gasteiger partial charge on any atom is -0.497 e. The molecule has 0 aliphatic rings. The van der Waals surface area contributed by atoms with E-state index in [0.29, 0.717) is 18.8 Å². The van der Waals surface area contributed by atoms with Crippen LogP contribution in [-0.4, -0.2) is 28.0 Å². The van der Waals surface area contributed by atoms with Crippen molar-refractivity contribution in [2.75, 3.05) is 23.9 Å². The van der Waals surface area contributed by atoms with Gasteiger partial charge in [-0.2, -0.15) is 0 Å². The highest BCUT2D eigenvalue weighted by molar-refractivity contribution is 7.89. The summed E-state index contributed by atoms with van der Waals surface area (Å²) in [6.07, 6.45) is 0.233. The third kappa shape index (κ3) is 6.06. The first-order valence-electron chi connectivity index (χ1n) is 9.19. The highest BCUT2D eigenvalue weighted by Gasteiger charge is 2.13. The molecule has 0 spiro atoms. The second-order valence-electron chi connectivity index (χ2n) is 6.57. The van der Waals surface area contributed by atoms with Gasteiger partial charge in [0.25, 0.3) is 0 Å². The van der Waals surface area contributed by atoms with Crippen LogP contribution in [0.15, 0.2) is 70.9 Å². The van der Waals surface area contributed by atoms with Gasteiger partial charge in [-0.1, -0.05) is 12.1 Å². The van der Waals surface area contributed by atoms with Gasteiger partial charge in [0.15, 0.2) is 0 Å². The lowest BCUT2D eigenvalue weighted by Crippen LogP contribution is -2.27. The number of hydrogen-bond acceptors (Lipinski definition) is 6. The van der Waals surface area contributed by atoms with E-state index in [1.807, 2.05) is 35.7 Å². The molecule has 0 aliphatic carbocycles. The first-order chi connectivity index (χ1) is 14.3. The van der Waals surface area contributed by atoms with Crippen LogP contribution < -0.4 is 20.1 Å². The van der Waals surface area contributed by atoms with Gasteiger partial charge in [-0.3, -0.25) is 4.79 Å². The Labute approximate surface area is 180 Å². The third-order valence-electron chi connectivity index (χ3n) is 4.42. The molecule has 0 radical (unpaired) electrons. The number of ether oxygens (including phenoxy) is 1. The monoisotopic (exact) mass is 445 g/mol. The number of hydrogen-bond donors (Lipinski definition) is 2. The maximum absolute atomic E-state index is 12.5. The number of rotatable bonds is 9. The Kier molecular flexibility index (Phi) is 7.09. The summed E-state index contributed by atoms with van der Waals surface area (Å²) in [7, 11) is -2.21. The predicted molar refractivity (Wildman–Crippen MR) is 119 cm³/mol. The van der Waals surface area contributed by atoms with Crippen LogP contribution in [-0.2, 0) is 21.4 Å². The van der Waals surface area contributed by atoms with Crippen molar-refractivity contribution in [3.63, 3.8) is 0 Å². The van der Waals surface area contributed by atoms with E-state index < -0.39 is 10.0 Å². The fourth-order valence-electron chi connectivity index (χ4n) is 2.89. The summed E-state index contributed by atoms with van der Waals surface area (Å²) in [5.74, 6) is 0.550. The predicted octanol–water partition coefficient (Wildman–Crippen LogP) is 3.44. The molecular weight excluding hydrogens is 422 g/mol. The Morgan fingerprint density at radius 1 is 1.13 bits per heavy atom. The van der Waals surface area contributed by atoms with Gasteiger partial charge in [-0.15, -0.1) is 11.3 Å². The summed E-state index contributed by atoms with van der Waals surface area (Å²) in [4.78, 5) is 15.7. The third-order valence-corrected chi connectivity index (χ3v) is 6.19. The topological polar surface area (TPSA) is 102 Å². The lowest BCUT2D eigenvalue weighted by atomic mass is 10.2. The van der Waals surface area contributed by atoms with E-state index in [1.165, 1.54) is 23.1 Å². The summed E-state index contributed by atoms with van der Waals surface area (Å²) in [6.45, 7) is 1.17. The molecule has 3 N–H and O–H groups in total. The fraction of sp³-hybridized carbons (Fsp3) is 0.190. The number of anilines is 2. The van der Waals surface area contributed by atoms with Crippen molar-refractivity contribution in [3.05, 3.63) is 70.9 Å². The zero-order valence-electron chi connectivity index (χ0n) is 16.4. The van der Waals surface area contributed by atoms with E-state index in [0.717, 1.165) is 11.4 Å². The number of nitrogens with two attached hydrogens (primary N) is 1.